The number of hydrogen-bond donors (Lipinski definition) is 0. The lowest BCUT2D eigenvalue weighted by molar-refractivity contribution is 0.669. The molecular formula is C45H28N2OS. The molecule has 0 saturated carbocycles. The minimum absolute atomic E-state index is 0.884. The molecule has 10 aromatic rings. The number of nitrogens with zero attached hydrogens (tertiary/aromatic N) is 2. The molecule has 0 atom stereocenters. The number of fused-ring (bicyclic) bond motifs is 8. The Morgan fingerprint density at radius 3 is 2.08 bits per heavy atom. The zero-order valence-electron chi connectivity index (χ0n) is 26.4. The molecule has 7 aromatic carbocycles. The Labute approximate surface area is 286 Å². The van der Waals surface area contributed by atoms with Gasteiger partial charge in [0.15, 0.2) is 0 Å². The van der Waals surface area contributed by atoms with Crippen molar-refractivity contribution in [2.24, 2.45) is 0 Å². The molecule has 0 N–H and O–H groups in total. The fraction of sp³-hybridized carbons (Fsp3) is 0. The Kier molecular flexibility index (Phi) is 6.36. The molecule has 0 bridgehead atoms. The lowest BCUT2D eigenvalue weighted by Crippen LogP contribution is -2.11. The summed E-state index contributed by atoms with van der Waals surface area (Å²) in [5.41, 5.74) is 10.8. The SMILES string of the molecule is c1ccc(-c2ccccc2N(c2ccc(-c3ccnc4c3sc3c5ccccc5ccc43)cc2)c2ccc3oc4ccccc4c3c2)cc1. The van der Waals surface area contributed by atoms with E-state index in [9.17, 15) is 0 Å². The van der Waals surface area contributed by atoms with E-state index >= 15 is 0 Å². The van der Waals surface area contributed by atoms with E-state index in [1.54, 1.807) is 0 Å². The summed E-state index contributed by atoms with van der Waals surface area (Å²) in [6.07, 6.45) is 1.94. The Hall–Kier alpha value is -6.23. The van der Waals surface area contributed by atoms with Crippen molar-refractivity contribution in [2.75, 3.05) is 4.90 Å². The first-order valence-electron chi connectivity index (χ1n) is 16.5. The van der Waals surface area contributed by atoms with Gasteiger partial charge < -0.3 is 9.32 Å². The van der Waals surface area contributed by atoms with Crippen LogP contribution >= 0.6 is 11.3 Å². The molecule has 0 aliphatic carbocycles. The van der Waals surface area contributed by atoms with Gasteiger partial charge in [0.1, 0.15) is 11.2 Å². The molecule has 0 aliphatic rings. The van der Waals surface area contributed by atoms with Gasteiger partial charge in [-0.25, -0.2) is 0 Å². The van der Waals surface area contributed by atoms with Crippen LogP contribution in [-0.2, 0) is 0 Å². The van der Waals surface area contributed by atoms with Crippen LogP contribution in [0.4, 0.5) is 17.1 Å². The largest absolute Gasteiger partial charge is 0.456 e. The van der Waals surface area contributed by atoms with Gasteiger partial charge in [0.05, 0.1) is 15.9 Å². The maximum atomic E-state index is 6.21. The van der Waals surface area contributed by atoms with Crippen molar-refractivity contribution in [1.29, 1.82) is 0 Å². The van der Waals surface area contributed by atoms with E-state index in [-0.39, 0.29) is 0 Å². The lowest BCUT2D eigenvalue weighted by Gasteiger charge is -2.28. The minimum atomic E-state index is 0.884. The standard InChI is InChI=1S/C45H28N2OS/c1-2-10-29(11-3-1)34-13-6-8-16-40(34)47(33-23-25-42-39(28-33)37-15-7-9-17-41(37)48-42)32-21-18-31(19-22-32)36-26-27-46-43-38-24-20-30-12-4-5-14-35(30)44(38)49-45(36)43/h1-28H. The summed E-state index contributed by atoms with van der Waals surface area (Å²) >= 11 is 1.84. The minimum Gasteiger partial charge on any atom is -0.456 e. The van der Waals surface area contributed by atoms with Crippen molar-refractivity contribution in [1.82, 2.24) is 4.98 Å². The first kappa shape index (κ1) is 27.8. The number of anilines is 3. The first-order valence-corrected chi connectivity index (χ1v) is 17.3. The zero-order valence-corrected chi connectivity index (χ0v) is 27.2. The van der Waals surface area contributed by atoms with Crippen LogP contribution in [0.15, 0.2) is 174 Å². The van der Waals surface area contributed by atoms with Gasteiger partial charge in [-0.2, -0.15) is 0 Å². The van der Waals surface area contributed by atoms with Gasteiger partial charge in [0, 0.05) is 49.6 Å². The van der Waals surface area contributed by atoms with Gasteiger partial charge in [0.2, 0.25) is 0 Å². The maximum Gasteiger partial charge on any atom is 0.135 e. The predicted molar refractivity (Wildman–Crippen MR) is 207 cm³/mol. The van der Waals surface area contributed by atoms with Gasteiger partial charge in [0.25, 0.3) is 0 Å². The third-order valence-corrected chi connectivity index (χ3v) is 10.8. The number of thiophene rings is 1. The summed E-state index contributed by atoms with van der Waals surface area (Å²) < 4.78 is 8.71. The normalized spacial score (nSPS) is 11.7. The summed E-state index contributed by atoms with van der Waals surface area (Å²) in [6, 6.07) is 58.2. The van der Waals surface area contributed by atoms with Crippen LogP contribution in [0.3, 0.4) is 0 Å². The molecule has 49 heavy (non-hydrogen) atoms. The average molecular weight is 645 g/mol. The highest BCUT2D eigenvalue weighted by Crippen LogP contribution is 2.45. The molecule has 230 valence electrons. The molecule has 0 aliphatic heterocycles. The van der Waals surface area contributed by atoms with Crippen molar-refractivity contribution < 1.29 is 4.42 Å². The van der Waals surface area contributed by atoms with E-state index in [1.165, 1.54) is 42.2 Å². The monoisotopic (exact) mass is 644 g/mol. The molecule has 0 saturated heterocycles. The molecule has 3 nitrogen and oxygen atoms in total. The highest BCUT2D eigenvalue weighted by molar-refractivity contribution is 7.27. The van der Waals surface area contributed by atoms with Crippen LogP contribution in [0, 0.1) is 0 Å². The van der Waals surface area contributed by atoms with Gasteiger partial charge in [-0.3, -0.25) is 4.98 Å². The Bertz CT molecular complexity index is 2830. The van der Waals surface area contributed by atoms with Crippen molar-refractivity contribution in [2.45, 2.75) is 0 Å². The quantitative estimate of drug-likeness (QED) is 0.187. The number of rotatable bonds is 5. The molecule has 0 amide bonds. The first-order chi connectivity index (χ1) is 24.3. The molecule has 3 aromatic heterocycles. The fourth-order valence-corrected chi connectivity index (χ4v) is 8.54. The van der Waals surface area contributed by atoms with Gasteiger partial charge in [-0.05, 0) is 70.4 Å². The van der Waals surface area contributed by atoms with Crippen LogP contribution in [0.1, 0.15) is 0 Å². The van der Waals surface area contributed by atoms with Crippen molar-refractivity contribution in [3.05, 3.63) is 170 Å². The zero-order chi connectivity index (χ0) is 32.3. The topological polar surface area (TPSA) is 29.3 Å². The molecule has 0 spiro atoms. The van der Waals surface area contributed by atoms with Gasteiger partial charge in [-0.15, -0.1) is 11.3 Å². The molecule has 0 unspecified atom stereocenters. The fourth-order valence-electron chi connectivity index (χ4n) is 7.21. The van der Waals surface area contributed by atoms with E-state index in [1.807, 2.05) is 29.7 Å². The number of aromatic nitrogens is 1. The molecule has 3 heterocycles. The number of furan rings is 1. The number of pyridine rings is 1. The second kappa shape index (κ2) is 11.2. The van der Waals surface area contributed by atoms with Crippen molar-refractivity contribution in [3.8, 4) is 22.3 Å². The van der Waals surface area contributed by atoms with Crippen molar-refractivity contribution >= 4 is 81.4 Å². The number of hydrogen-bond acceptors (Lipinski definition) is 4. The molecular weight excluding hydrogens is 617 g/mol. The van der Waals surface area contributed by atoms with Crippen LogP contribution in [0.25, 0.3) is 75.3 Å². The highest BCUT2D eigenvalue weighted by Gasteiger charge is 2.20. The van der Waals surface area contributed by atoms with E-state index in [0.29, 0.717) is 0 Å². The Balaban J connectivity index is 1.15. The van der Waals surface area contributed by atoms with E-state index < -0.39 is 0 Å². The van der Waals surface area contributed by atoms with E-state index in [4.69, 9.17) is 9.40 Å². The molecule has 0 radical (unpaired) electrons. The second-order valence-electron chi connectivity index (χ2n) is 12.3. The van der Waals surface area contributed by atoms with E-state index in [0.717, 1.165) is 50.1 Å². The predicted octanol–water partition coefficient (Wildman–Crippen LogP) is 13.3. The molecule has 10 rings (SSSR count). The second-order valence-corrected chi connectivity index (χ2v) is 13.4. The third kappa shape index (κ3) is 4.53. The smallest absolute Gasteiger partial charge is 0.135 e. The van der Waals surface area contributed by atoms with Crippen molar-refractivity contribution in [3.63, 3.8) is 0 Å². The number of para-hydroxylation sites is 2. The molecule has 0 fully saturated rings. The van der Waals surface area contributed by atoms with Gasteiger partial charge in [-0.1, -0.05) is 115 Å². The Morgan fingerprint density at radius 2 is 1.18 bits per heavy atom. The summed E-state index contributed by atoms with van der Waals surface area (Å²) in [5.74, 6) is 0. The van der Waals surface area contributed by atoms with Gasteiger partial charge >= 0.3 is 0 Å². The van der Waals surface area contributed by atoms with E-state index in [2.05, 4.69) is 157 Å². The van der Waals surface area contributed by atoms with Crippen LogP contribution in [0.2, 0.25) is 0 Å². The summed E-state index contributed by atoms with van der Waals surface area (Å²) in [4.78, 5) is 7.22. The van der Waals surface area contributed by atoms with Crippen LogP contribution in [-0.4, -0.2) is 4.98 Å². The molecule has 4 heteroatoms. The summed E-state index contributed by atoms with van der Waals surface area (Å²) in [6.45, 7) is 0. The maximum absolute atomic E-state index is 6.21. The number of benzene rings is 7. The average Bonchev–Trinajstić information content (AvgIpc) is 3.75. The Morgan fingerprint density at radius 1 is 0.469 bits per heavy atom. The van der Waals surface area contributed by atoms with Crippen LogP contribution < -0.4 is 4.90 Å². The van der Waals surface area contributed by atoms with Crippen LogP contribution in [0.5, 0.6) is 0 Å². The third-order valence-electron chi connectivity index (χ3n) is 9.53. The summed E-state index contributed by atoms with van der Waals surface area (Å²) in [7, 11) is 0. The lowest BCUT2D eigenvalue weighted by atomic mass is 10.0. The summed E-state index contributed by atoms with van der Waals surface area (Å²) in [5, 5.41) is 5.96. The highest BCUT2D eigenvalue weighted by atomic mass is 32.1.